The van der Waals surface area contributed by atoms with Crippen molar-refractivity contribution >= 4 is 11.9 Å². The van der Waals surface area contributed by atoms with Gasteiger partial charge in [-0.2, -0.15) is 13.2 Å². The molecular formula is C18H19F3O2. The maximum absolute atomic E-state index is 13.0. The number of benzene rings is 1. The summed E-state index contributed by atoms with van der Waals surface area (Å²) in [6.07, 6.45) is -0.283. The van der Waals surface area contributed by atoms with E-state index in [2.05, 4.69) is 0 Å². The molecule has 0 heterocycles. The zero-order valence-corrected chi connectivity index (χ0v) is 13.2. The predicted octanol–water partition coefficient (Wildman–Crippen LogP) is 4.40. The minimum absolute atomic E-state index is 0.00692. The fourth-order valence-electron chi connectivity index (χ4n) is 2.65. The Labute approximate surface area is 133 Å². The summed E-state index contributed by atoms with van der Waals surface area (Å²) in [6.45, 7) is 5.09. The second kappa shape index (κ2) is 5.64. The molecule has 2 rings (SSSR count). The van der Waals surface area contributed by atoms with Gasteiger partial charge in [-0.15, -0.1) is 0 Å². The van der Waals surface area contributed by atoms with E-state index in [0.29, 0.717) is 5.57 Å². The molecule has 1 atom stereocenters. The van der Waals surface area contributed by atoms with Crippen LogP contribution in [-0.4, -0.2) is 16.5 Å². The van der Waals surface area contributed by atoms with Crippen LogP contribution in [0, 0.1) is 5.41 Å². The van der Waals surface area contributed by atoms with Crippen LogP contribution >= 0.6 is 0 Å². The molecule has 0 aromatic heterocycles. The minimum Gasteiger partial charge on any atom is -0.385 e. The average Bonchev–Trinajstić information content (AvgIpc) is 2.40. The molecule has 0 fully saturated rings. The molecule has 0 radical (unpaired) electrons. The van der Waals surface area contributed by atoms with Crippen LogP contribution in [0.4, 0.5) is 13.2 Å². The Kier molecular flexibility index (Phi) is 4.28. The van der Waals surface area contributed by atoms with E-state index in [0.717, 1.165) is 6.07 Å². The lowest BCUT2D eigenvalue weighted by atomic mass is 9.65. The predicted molar refractivity (Wildman–Crippen MR) is 82.6 cm³/mol. The highest BCUT2D eigenvalue weighted by molar-refractivity contribution is 5.93. The van der Waals surface area contributed by atoms with Crippen LogP contribution in [-0.2, 0) is 11.0 Å². The fraction of sp³-hybridized carbons (Fsp3) is 0.389. The summed E-state index contributed by atoms with van der Waals surface area (Å²) in [7, 11) is 0. The van der Waals surface area contributed by atoms with Crippen molar-refractivity contribution in [1.29, 1.82) is 0 Å². The smallest absolute Gasteiger partial charge is 0.385 e. The fourth-order valence-corrected chi connectivity index (χ4v) is 2.65. The van der Waals surface area contributed by atoms with Gasteiger partial charge >= 0.3 is 6.18 Å². The van der Waals surface area contributed by atoms with E-state index >= 15 is 0 Å². The first kappa shape index (κ1) is 17.5. The SMILES string of the molecule is CC1(C)CC(=O)C=C(/C=C/c2ccccc2C(F)(F)F)[C@@]1(C)O. The topological polar surface area (TPSA) is 37.3 Å². The summed E-state index contributed by atoms with van der Waals surface area (Å²) in [5.41, 5.74) is -2.44. The van der Waals surface area contributed by atoms with Crippen molar-refractivity contribution in [3.8, 4) is 0 Å². The first-order valence-electron chi connectivity index (χ1n) is 7.27. The molecule has 1 aliphatic rings. The molecule has 0 aliphatic heterocycles. The van der Waals surface area contributed by atoms with Gasteiger partial charge in [0.2, 0.25) is 0 Å². The maximum Gasteiger partial charge on any atom is 0.416 e. The normalized spacial score (nSPS) is 24.8. The molecule has 124 valence electrons. The standard InChI is InChI=1S/C18H19F3O2/c1-16(2)11-14(22)10-13(17(16,3)23)9-8-12-6-4-5-7-15(12)18(19,20)21/h4-10,23H,11H2,1-3H3/b9-8+/t17-/m1/s1. The second-order valence-electron chi connectivity index (χ2n) is 6.62. The van der Waals surface area contributed by atoms with Gasteiger partial charge in [-0.05, 0) is 30.2 Å². The summed E-state index contributed by atoms with van der Waals surface area (Å²) >= 11 is 0. The van der Waals surface area contributed by atoms with Gasteiger partial charge in [-0.3, -0.25) is 4.79 Å². The van der Waals surface area contributed by atoms with Crippen molar-refractivity contribution in [3.05, 3.63) is 53.1 Å². The van der Waals surface area contributed by atoms with Crippen molar-refractivity contribution in [3.63, 3.8) is 0 Å². The monoisotopic (exact) mass is 324 g/mol. The maximum atomic E-state index is 13.0. The molecule has 2 nitrogen and oxygen atoms in total. The largest absolute Gasteiger partial charge is 0.416 e. The van der Waals surface area contributed by atoms with E-state index in [1.807, 2.05) is 0 Å². The Balaban J connectivity index is 2.43. The summed E-state index contributed by atoms with van der Waals surface area (Å²) in [5, 5.41) is 10.7. The molecule has 1 aromatic rings. The molecular weight excluding hydrogens is 305 g/mol. The summed E-state index contributed by atoms with van der Waals surface area (Å²) in [4.78, 5) is 11.8. The molecule has 0 bridgehead atoms. The number of rotatable bonds is 2. The van der Waals surface area contributed by atoms with E-state index in [-0.39, 0.29) is 17.8 Å². The van der Waals surface area contributed by atoms with Gasteiger partial charge in [0.25, 0.3) is 0 Å². The Morgan fingerprint density at radius 3 is 2.35 bits per heavy atom. The first-order chi connectivity index (χ1) is 10.4. The van der Waals surface area contributed by atoms with Crippen LogP contribution in [0.25, 0.3) is 6.08 Å². The van der Waals surface area contributed by atoms with Crippen LogP contribution in [0.3, 0.4) is 0 Å². The van der Waals surface area contributed by atoms with Gasteiger partial charge in [0.05, 0.1) is 11.2 Å². The lowest BCUT2D eigenvalue weighted by molar-refractivity contribution is -0.137. The molecule has 0 amide bonds. The molecule has 0 unspecified atom stereocenters. The lowest BCUT2D eigenvalue weighted by Crippen LogP contribution is -2.47. The third-order valence-corrected chi connectivity index (χ3v) is 4.52. The zero-order valence-electron chi connectivity index (χ0n) is 13.2. The molecule has 1 aliphatic carbocycles. The van der Waals surface area contributed by atoms with E-state index in [1.54, 1.807) is 20.8 Å². The zero-order chi connectivity index (χ0) is 17.5. The van der Waals surface area contributed by atoms with Crippen molar-refractivity contribution in [2.24, 2.45) is 5.41 Å². The summed E-state index contributed by atoms with van der Waals surface area (Å²) < 4.78 is 39.0. The number of ketones is 1. The van der Waals surface area contributed by atoms with Crippen LogP contribution in [0.2, 0.25) is 0 Å². The number of carbonyl (C=O) groups excluding carboxylic acids is 1. The van der Waals surface area contributed by atoms with Crippen LogP contribution in [0.1, 0.15) is 38.3 Å². The highest BCUT2D eigenvalue weighted by Gasteiger charge is 2.45. The lowest BCUT2D eigenvalue weighted by Gasteiger charge is -2.43. The Morgan fingerprint density at radius 1 is 1.13 bits per heavy atom. The highest BCUT2D eigenvalue weighted by atomic mass is 19.4. The first-order valence-corrected chi connectivity index (χ1v) is 7.27. The summed E-state index contributed by atoms with van der Waals surface area (Å²) in [6, 6.07) is 5.19. The van der Waals surface area contributed by atoms with Crippen molar-refractivity contribution in [2.75, 3.05) is 0 Å². The molecule has 1 aromatic carbocycles. The Bertz CT molecular complexity index is 680. The van der Waals surface area contributed by atoms with E-state index in [1.165, 1.54) is 36.4 Å². The second-order valence-corrected chi connectivity index (χ2v) is 6.62. The molecule has 23 heavy (non-hydrogen) atoms. The number of hydrogen-bond donors (Lipinski definition) is 1. The van der Waals surface area contributed by atoms with E-state index in [9.17, 15) is 23.1 Å². The van der Waals surface area contributed by atoms with Crippen LogP contribution in [0.5, 0.6) is 0 Å². The molecule has 0 spiro atoms. The van der Waals surface area contributed by atoms with Gasteiger partial charge in [0.15, 0.2) is 5.78 Å². The number of hydrogen-bond acceptors (Lipinski definition) is 2. The number of allylic oxidation sites excluding steroid dienone is 1. The number of alkyl halides is 3. The van der Waals surface area contributed by atoms with Crippen LogP contribution < -0.4 is 0 Å². The average molecular weight is 324 g/mol. The molecule has 1 N–H and O–H groups in total. The van der Waals surface area contributed by atoms with Crippen molar-refractivity contribution < 1.29 is 23.1 Å². The molecule has 0 saturated heterocycles. The Morgan fingerprint density at radius 2 is 1.74 bits per heavy atom. The van der Waals surface area contributed by atoms with Crippen molar-refractivity contribution in [1.82, 2.24) is 0 Å². The number of aliphatic hydroxyl groups is 1. The third kappa shape index (κ3) is 3.39. The third-order valence-electron chi connectivity index (χ3n) is 4.52. The number of carbonyl (C=O) groups is 1. The quantitative estimate of drug-likeness (QED) is 0.876. The molecule has 5 heteroatoms. The Hall–Kier alpha value is -1.88. The van der Waals surface area contributed by atoms with Crippen LogP contribution in [0.15, 0.2) is 42.0 Å². The van der Waals surface area contributed by atoms with Gasteiger partial charge in [0.1, 0.15) is 0 Å². The summed E-state index contributed by atoms with van der Waals surface area (Å²) in [5.74, 6) is -0.148. The van der Waals surface area contributed by atoms with Gasteiger partial charge in [-0.1, -0.05) is 44.2 Å². The van der Waals surface area contributed by atoms with Gasteiger partial charge in [-0.25, -0.2) is 0 Å². The van der Waals surface area contributed by atoms with Crippen molar-refractivity contribution in [2.45, 2.75) is 39.0 Å². The van der Waals surface area contributed by atoms with Gasteiger partial charge in [0, 0.05) is 11.8 Å². The minimum atomic E-state index is -4.46. The van der Waals surface area contributed by atoms with E-state index < -0.39 is 22.8 Å². The molecule has 0 saturated carbocycles. The van der Waals surface area contributed by atoms with Gasteiger partial charge < -0.3 is 5.11 Å². The number of halogens is 3. The highest BCUT2D eigenvalue weighted by Crippen LogP contribution is 2.43. The van der Waals surface area contributed by atoms with E-state index in [4.69, 9.17) is 0 Å².